The summed E-state index contributed by atoms with van der Waals surface area (Å²) in [4.78, 5) is 4.54. The fraction of sp³-hybridized carbons (Fsp3) is 0.120. The van der Waals surface area contributed by atoms with Crippen molar-refractivity contribution in [3.05, 3.63) is 77.9 Å². The van der Waals surface area contributed by atoms with Gasteiger partial charge in [-0.05, 0) is 73.4 Å². The van der Waals surface area contributed by atoms with Crippen molar-refractivity contribution in [1.82, 2.24) is 20.1 Å². The Labute approximate surface area is 213 Å². The minimum absolute atomic E-state index is 0.282. The van der Waals surface area contributed by atoms with Crippen LogP contribution in [0.3, 0.4) is 0 Å². The number of nitrogens with one attached hydrogen (secondary N) is 2. The minimum Gasteiger partial charge on any atom is -0.406 e. The number of nitrogens with zero attached hydrogens (tertiary/aromatic N) is 4. The molecule has 0 amide bonds. The lowest BCUT2D eigenvalue weighted by Crippen LogP contribution is -2.24. The quantitative estimate of drug-likeness (QED) is 0.166. The van der Waals surface area contributed by atoms with Crippen LogP contribution >= 0.6 is 12.2 Å². The first-order valence-corrected chi connectivity index (χ1v) is 11.4. The van der Waals surface area contributed by atoms with Gasteiger partial charge < -0.3 is 14.6 Å². The first kappa shape index (κ1) is 24.3. The van der Waals surface area contributed by atoms with Crippen LogP contribution in [0.1, 0.15) is 17.0 Å². The number of rotatable bonds is 5. The van der Waals surface area contributed by atoms with Crippen LogP contribution in [0.25, 0.3) is 27.5 Å². The van der Waals surface area contributed by atoms with E-state index in [0.717, 1.165) is 27.4 Å². The summed E-state index contributed by atoms with van der Waals surface area (Å²) in [5, 5.41) is 13.2. The predicted molar refractivity (Wildman–Crippen MR) is 138 cm³/mol. The lowest BCUT2D eigenvalue weighted by molar-refractivity contribution is -0.274. The number of fused-ring (bicyclic) bond motifs is 3. The van der Waals surface area contributed by atoms with E-state index in [9.17, 15) is 13.2 Å². The van der Waals surface area contributed by atoms with E-state index in [0.29, 0.717) is 27.9 Å². The van der Waals surface area contributed by atoms with E-state index < -0.39 is 6.36 Å². The molecule has 0 saturated heterocycles. The number of aryl methyl sites for hydroxylation is 2. The van der Waals surface area contributed by atoms with E-state index >= 15 is 0 Å². The van der Waals surface area contributed by atoms with E-state index in [4.69, 9.17) is 16.7 Å². The molecule has 5 aromatic rings. The third-order valence-electron chi connectivity index (χ3n) is 5.56. The van der Waals surface area contributed by atoms with Gasteiger partial charge in [0.25, 0.3) is 0 Å². The molecule has 188 valence electrons. The lowest BCUT2D eigenvalue weighted by atomic mass is 10.1. The summed E-state index contributed by atoms with van der Waals surface area (Å²) < 4.78 is 48.2. The van der Waals surface area contributed by atoms with Crippen LogP contribution in [0.4, 0.5) is 18.9 Å². The Kier molecular flexibility index (Phi) is 6.25. The van der Waals surface area contributed by atoms with Crippen LogP contribution in [0, 0.1) is 13.8 Å². The lowest BCUT2D eigenvalue weighted by Gasteiger charge is -2.10. The Morgan fingerprint density at radius 1 is 1.11 bits per heavy atom. The van der Waals surface area contributed by atoms with Crippen LogP contribution in [0.2, 0.25) is 0 Å². The molecule has 0 unspecified atom stereocenters. The number of imidazole rings is 1. The van der Waals surface area contributed by atoms with Crippen molar-refractivity contribution in [3.8, 4) is 11.4 Å². The molecule has 2 N–H and O–H groups in total. The summed E-state index contributed by atoms with van der Waals surface area (Å²) in [6.45, 7) is 3.59. The number of ether oxygens (including phenoxy) is 1. The second-order valence-corrected chi connectivity index (χ2v) is 8.50. The number of anilines is 1. The number of hydrogen-bond acceptors (Lipinski definition) is 6. The number of thiocarbonyl (C=S) groups is 1. The summed E-state index contributed by atoms with van der Waals surface area (Å²) in [5.41, 5.74) is 7.25. The topological polar surface area (TPSA) is 89.5 Å². The number of halogens is 3. The minimum atomic E-state index is -4.74. The zero-order valence-electron chi connectivity index (χ0n) is 19.5. The van der Waals surface area contributed by atoms with Crippen molar-refractivity contribution in [3.63, 3.8) is 0 Å². The van der Waals surface area contributed by atoms with Crippen molar-refractivity contribution in [2.75, 3.05) is 5.32 Å². The van der Waals surface area contributed by atoms with Crippen LogP contribution in [-0.4, -0.2) is 32.4 Å². The zero-order valence-corrected chi connectivity index (χ0v) is 20.3. The van der Waals surface area contributed by atoms with E-state index in [2.05, 4.69) is 30.7 Å². The monoisotopic (exact) mass is 524 g/mol. The molecule has 0 spiro atoms. The molecule has 12 heteroatoms. The van der Waals surface area contributed by atoms with Crippen molar-refractivity contribution < 1.29 is 22.4 Å². The molecule has 0 fully saturated rings. The van der Waals surface area contributed by atoms with E-state index in [-0.39, 0.29) is 5.75 Å². The molecule has 0 aliphatic carbocycles. The van der Waals surface area contributed by atoms with Gasteiger partial charge >= 0.3 is 6.36 Å². The van der Waals surface area contributed by atoms with Gasteiger partial charge in [-0.1, -0.05) is 23.4 Å². The van der Waals surface area contributed by atoms with E-state index in [1.807, 2.05) is 37.3 Å². The van der Waals surface area contributed by atoms with Crippen LogP contribution < -0.4 is 15.5 Å². The summed E-state index contributed by atoms with van der Waals surface area (Å²) in [6, 6.07) is 15.3. The zero-order chi connectivity index (χ0) is 26.2. The average molecular weight is 525 g/mol. The summed E-state index contributed by atoms with van der Waals surface area (Å²) in [5.74, 6) is 0.344. The normalized spacial score (nSPS) is 11.9. The Bertz CT molecular complexity index is 1620. The molecule has 0 radical (unpaired) electrons. The Morgan fingerprint density at radius 3 is 2.59 bits per heavy atom. The highest BCUT2D eigenvalue weighted by atomic mass is 32.1. The van der Waals surface area contributed by atoms with Crippen LogP contribution in [0.15, 0.2) is 70.5 Å². The Hall–Kier alpha value is -4.45. The van der Waals surface area contributed by atoms with Gasteiger partial charge in [0, 0.05) is 11.1 Å². The van der Waals surface area contributed by atoms with Gasteiger partial charge in [0.1, 0.15) is 23.5 Å². The largest absolute Gasteiger partial charge is 0.573 e. The molecular weight excluding hydrogens is 505 g/mol. The maximum Gasteiger partial charge on any atom is 0.573 e. The highest BCUT2D eigenvalue weighted by Gasteiger charge is 2.31. The third-order valence-corrected chi connectivity index (χ3v) is 5.75. The molecule has 5 rings (SSSR count). The second kappa shape index (κ2) is 9.54. The first-order chi connectivity index (χ1) is 17.7. The molecule has 3 aromatic carbocycles. The highest BCUT2D eigenvalue weighted by Crippen LogP contribution is 2.29. The molecule has 0 atom stereocenters. The molecule has 0 aliphatic heterocycles. The van der Waals surface area contributed by atoms with Gasteiger partial charge in [-0.25, -0.2) is 4.98 Å². The summed E-state index contributed by atoms with van der Waals surface area (Å²) in [6.07, 6.45) is -1.45. The first-order valence-electron chi connectivity index (χ1n) is 11.0. The smallest absolute Gasteiger partial charge is 0.406 e. The molecule has 0 bridgehead atoms. The maximum atomic E-state index is 12.4. The predicted octanol–water partition coefficient (Wildman–Crippen LogP) is 6.00. The van der Waals surface area contributed by atoms with Gasteiger partial charge in [-0.2, -0.15) is 5.10 Å². The van der Waals surface area contributed by atoms with Crippen LogP contribution in [-0.2, 0) is 0 Å². The molecule has 0 aliphatic rings. The average Bonchev–Trinajstić information content (AvgIpc) is 3.42. The fourth-order valence-corrected chi connectivity index (χ4v) is 4.05. The van der Waals surface area contributed by atoms with Crippen LogP contribution in [0.5, 0.6) is 5.75 Å². The molecule has 37 heavy (non-hydrogen) atoms. The van der Waals surface area contributed by atoms with Gasteiger partial charge in [-0.15, -0.1) is 13.2 Å². The van der Waals surface area contributed by atoms with Crippen molar-refractivity contribution >= 4 is 51.0 Å². The van der Waals surface area contributed by atoms with Crippen molar-refractivity contribution in [2.24, 2.45) is 5.10 Å². The number of hydrazone groups is 1. The number of alkyl halides is 3. The summed E-state index contributed by atoms with van der Waals surface area (Å²) in [7, 11) is 0. The van der Waals surface area contributed by atoms with Gasteiger partial charge in [-0.3, -0.25) is 9.99 Å². The third kappa shape index (κ3) is 5.23. The Morgan fingerprint density at radius 2 is 1.89 bits per heavy atom. The number of aromatic nitrogens is 3. The number of benzene rings is 3. The standard InChI is InChI=1S/C25H19F3N6O2S/c1-14-22(15(2)36-33-14)31-24(37)32-30-12-16-3-9-20-17(11-16)4-10-21-23(20)29-13-34(21)18-5-7-19(8-6-18)35-25(26,27)28/h3-13H,1-2H3,(H2,31,32,37)/b30-12+. The van der Waals surface area contributed by atoms with Crippen molar-refractivity contribution in [2.45, 2.75) is 20.2 Å². The van der Waals surface area contributed by atoms with Gasteiger partial charge in [0.2, 0.25) is 0 Å². The molecule has 0 saturated carbocycles. The Balaban J connectivity index is 1.33. The van der Waals surface area contributed by atoms with Gasteiger partial charge in [0.15, 0.2) is 10.9 Å². The molecular formula is C25H19F3N6O2S. The highest BCUT2D eigenvalue weighted by molar-refractivity contribution is 7.80. The SMILES string of the molecule is Cc1noc(C)c1NC(=S)N/N=C/c1ccc2c(ccc3c2ncn3-c2ccc(OC(F)(F)F)cc2)c1. The van der Waals surface area contributed by atoms with E-state index in [1.165, 1.54) is 12.1 Å². The number of hydrogen-bond donors (Lipinski definition) is 2. The fourth-order valence-electron chi connectivity index (χ4n) is 3.89. The summed E-state index contributed by atoms with van der Waals surface area (Å²) >= 11 is 5.27. The molecule has 8 nitrogen and oxygen atoms in total. The maximum absolute atomic E-state index is 12.4. The van der Waals surface area contributed by atoms with Crippen molar-refractivity contribution in [1.29, 1.82) is 0 Å². The molecule has 2 aromatic heterocycles. The molecule has 2 heterocycles. The second-order valence-electron chi connectivity index (χ2n) is 8.09. The van der Waals surface area contributed by atoms with E-state index in [1.54, 1.807) is 36.2 Å². The van der Waals surface area contributed by atoms with Gasteiger partial charge in [0.05, 0.1) is 17.2 Å².